The third-order valence-corrected chi connectivity index (χ3v) is 2.75. The van der Waals surface area contributed by atoms with Crippen LogP contribution in [0.2, 0.25) is 0 Å². The molecule has 0 spiro atoms. The molecule has 0 aliphatic carbocycles. The summed E-state index contributed by atoms with van der Waals surface area (Å²) in [5.74, 6) is -0.877. The summed E-state index contributed by atoms with van der Waals surface area (Å²) in [4.78, 5) is 23.9. The Hall–Kier alpha value is -2.08. The van der Waals surface area contributed by atoms with Crippen molar-refractivity contribution in [3.05, 3.63) is 29.8 Å². The van der Waals surface area contributed by atoms with Crippen LogP contribution >= 0.6 is 0 Å². The molecule has 0 heterocycles. The number of hydrogen-bond donors (Lipinski definition) is 3. The van der Waals surface area contributed by atoms with E-state index in [0.29, 0.717) is 12.1 Å². The summed E-state index contributed by atoms with van der Waals surface area (Å²) in [6, 6.07) is 6.74. The van der Waals surface area contributed by atoms with Gasteiger partial charge in [0.15, 0.2) is 0 Å². The van der Waals surface area contributed by atoms with E-state index >= 15 is 0 Å². The molecule has 0 aliphatic heterocycles. The fourth-order valence-corrected chi connectivity index (χ4v) is 1.79. The molecule has 0 fully saturated rings. The predicted octanol–water partition coefficient (Wildman–Crippen LogP) is 1.55. The molecule has 0 bridgehead atoms. The number of nitrogens with one attached hydrogen (secondary N) is 1. The van der Waals surface area contributed by atoms with Crippen LogP contribution in [0.1, 0.15) is 18.9 Å². The van der Waals surface area contributed by atoms with E-state index in [1.807, 2.05) is 0 Å². The summed E-state index contributed by atoms with van der Waals surface area (Å²) >= 11 is 0. The van der Waals surface area contributed by atoms with Crippen LogP contribution in [0.4, 0.5) is 10.5 Å². The van der Waals surface area contributed by atoms with Gasteiger partial charge in [-0.15, -0.1) is 0 Å². The van der Waals surface area contributed by atoms with Crippen molar-refractivity contribution in [1.82, 2.24) is 4.90 Å². The molecular formula is C14H20N2O4. The molecule has 6 nitrogen and oxygen atoms in total. The average molecular weight is 280 g/mol. The Bertz CT molecular complexity index is 474. The van der Waals surface area contributed by atoms with Crippen LogP contribution in [0.15, 0.2) is 24.3 Å². The molecule has 2 amide bonds. The van der Waals surface area contributed by atoms with Gasteiger partial charge in [0.05, 0.1) is 6.10 Å². The largest absolute Gasteiger partial charge is 0.481 e. The summed E-state index contributed by atoms with van der Waals surface area (Å²) in [7, 11) is 1.59. The second-order valence-electron chi connectivity index (χ2n) is 4.71. The Morgan fingerprint density at radius 1 is 1.35 bits per heavy atom. The smallest absolute Gasteiger partial charge is 0.321 e. The summed E-state index contributed by atoms with van der Waals surface area (Å²) in [5, 5.41) is 20.7. The summed E-state index contributed by atoms with van der Waals surface area (Å²) in [6.07, 6.45) is -0.240. The number of carboxylic acids is 1. The first-order valence-corrected chi connectivity index (χ1v) is 6.40. The van der Waals surface area contributed by atoms with Crippen molar-refractivity contribution >= 4 is 17.7 Å². The SMILES string of the molecule is CC(O)CN(C)C(=O)Nc1ccccc1CCC(=O)O. The Labute approximate surface area is 118 Å². The third kappa shape index (κ3) is 5.27. The number of hydrogen-bond acceptors (Lipinski definition) is 3. The van der Waals surface area contributed by atoms with E-state index in [2.05, 4.69) is 5.32 Å². The predicted molar refractivity (Wildman–Crippen MR) is 75.7 cm³/mol. The molecule has 0 radical (unpaired) electrons. The number of nitrogens with zero attached hydrogens (tertiary/aromatic N) is 1. The molecule has 110 valence electrons. The Kier molecular flexibility index (Phi) is 5.99. The normalized spacial score (nSPS) is 11.8. The molecule has 1 atom stereocenters. The van der Waals surface area contributed by atoms with E-state index in [1.54, 1.807) is 38.2 Å². The summed E-state index contributed by atoms with van der Waals surface area (Å²) in [6.45, 7) is 1.83. The van der Waals surface area contributed by atoms with Crippen LogP contribution in [-0.4, -0.2) is 46.8 Å². The quantitative estimate of drug-likeness (QED) is 0.737. The minimum Gasteiger partial charge on any atom is -0.481 e. The third-order valence-electron chi connectivity index (χ3n) is 2.75. The van der Waals surface area contributed by atoms with Gasteiger partial charge in [0.2, 0.25) is 0 Å². The maximum Gasteiger partial charge on any atom is 0.321 e. The van der Waals surface area contributed by atoms with Crippen LogP contribution < -0.4 is 5.32 Å². The number of carbonyl (C=O) groups is 2. The van der Waals surface area contributed by atoms with Gasteiger partial charge in [0.25, 0.3) is 0 Å². The maximum atomic E-state index is 11.9. The Balaban J connectivity index is 2.71. The molecule has 1 rings (SSSR count). The number of aryl methyl sites for hydroxylation is 1. The minimum atomic E-state index is -0.877. The van der Waals surface area contributed by atoms with E-state index in [0.717, 1.165) is 5.56 Å². The number of urea groups is 1. The lowest BCUT2D eigenvalue weighted by Crippen LogP contribution is -2.36. The number of anilines is 1. The van der Waals surface area contributed by atoms with Gasteiger partial charge < -0.3 is 20.4 Å². The number of carboxylic acid groups (broad SMARTS) is 1. The zero-order valence-corrected chi connectivity index (χ0v) is 11.7. The average Bonchev–Trinajstić information content (AvgIpc) is 2.36. The second kappa shape index (κ2) is 7.49. The number of likely N-dealkylation sites (N-methyl/N-ethyl adjacent to an activating group) is 1. The van der Waals surface area contributed by atoms with Crippen LogP contribution in [0.3, 0.4) is 0 Å². The van der Waals surface area contributed by atoms with Gasteiger partial charge >= 0.3 is 12.0 Å². The number of aliphatic carboxylic acids is 1. The first kappa shape index (κ1) is 16.0. The highest BCUT2D eigenvalue weighted by Crippen LogP contribution is 2.17. The molecule has 1 aromatic rings. The van der Waals surface area contributed by atoms with Gasteiger partial charge in [0, 0.05) is 25.7 Å². The number of aliphatic hydroxyl groups excluding tert-OH is 1. The molecule has 6 heteroatoms. The van der Waals surface area contributed by atoms with E-state index in [4.69, 9.17) is 5.11 Å². The number of carbonyl (C=O) groups excluding carboxylic acids is 1. The van der Waals surface area contributed by atoms with Crippen LogP contribution in [-0.2, 0) is 11.2 Å². The van der Waals surface area contributed by atoms with Crippen molar-refractivity contribution in [3.8, 4) is 0 Å². The van der Waals surface area contributed by atoms with E-state index in [9.17, 15) is 14.7 Å². The van der Waals surface area contributed by atoms with E-state index in [1.165, 1.54) is 4.90 Å². The fourth-order valence-electron chi connectivity index (χ4n) is 1.79. The van der Waals surface area contributed by atoms with Crippen molar-refractivity contribution in [1.29, 1.82) is 0 Å². The molecule has 1 unspecified atom stereocenters. The van der Waals surface area contributed by atoms with Crippen molar-refractivity contribution < 1.29 is 19.8 Å². The lowest BCUT2D eigenvalue weighted by Gasteiger charge is -2.20. The molecule has 0 saturated heterocycles. The highest BCUT2D eigenvalue weighted by Gasteiger charge is 2.13. The zero-order chi connectivity index (χ0) is 15.1. The Morgan fingerprint density at radius 3 is 2.60 bits per heavy atom. The second-order valence-corrected chi connectivity index (χ2v) is 4.71. The number of para-hydroxylation sites is 1. The van der Waals surface area contributed by atoms with Gasteiger partial charge in [-0.2, -0.15) is 0 Å². The zero-order valence-electron chi connectivity index (χ0n) is 11.7. The van der Waals surface area contributed by atoms with Crippen LogP contribution in [0.25, 0.3) is 0 Å². The van der Waals surface area contributed by atoms with Gasteiger partial charge in [-0.25, -0.2) is 4.79 Å². The molecule has 0 aliphatic rings. The topological polar surface area (TPSA) is 89.9 Å². The van der Waals surface area contributed by atoms with Crippen LogP contribution in [0, 0.1) is 0 Å². The van der Waals surface area contributed by atoms with Crippen molar-refractivity contribution in [3.63, 3.8) is 0 Å². The number of aliphatic hydroxyl groups is 1. The van der Waals surface area contributed by atoms with Crippen molar-refractivity contribution in [2.24, 2.45) is 0 Å². The Morgan fingerprint density at radius 2 is 2.00 bits per heavy atom. The highest BCUT2D eigenvalue weighted by molar-refractivity contribution is 5.90. The van der Waals surface area contributed by atoms with E-state index < -0.39 is 12.1 Å². The maximum absolute atomic E-state index is 11.9. The summed E-state index contributed by atoms with van der Waals surface area (Å²) in [5.41, 5.74) is 1.37. The number of amides is 2. The van der Waals surface area contributed by atoms with Gasteiger partial charge in [0.1, 0.15) is 0 Å². The molecular weight excluding hydrogens is 260 g/mol. The van der Waals surface area contributed by atoms with E-state index in [-0.39, 0.29) is 19.0 Å². The fraction of sp³-hybridized carbons (Fsp3) is 0.429. The molecule has 20 heavy (non-hydrogen) atoms. The molecule has 0 saturated carbocycles. The standard InChI is InChI=1S/C14H20N2O4/c1-10(17)9-16(2)14(20)15-12-6-4-3-5-11(12)7-8-13(18)19/h3-6,10,17H,7-9H2,1-2H3,(H,15,20)(H,18,19). The van der Waals surface area contributed by atoms with Gasteiger partial charge in [-0.3, -0.25) is 4.79 Å². The minimum absolute atomic E-state index is 0.0103. The van der Waals surface area contributed by atoms with Crippen molar-refractivity contribution in [2.75, 3.05) is 18.9 Å². The number of rotatable bonds is 6. The summed E-state index contributed by atoms with van der Waals surface area (Å²) < 4.78 is 0. The van der Waals surface area contributed by atoms with Gasteiger partial charge in [-0.05, 0) is 25.0 Å². The van der Waals surface area contributed by atoms with Crippen LogP contribution in [0.5, 0.6) is 0 Å². The van der Waals surface area contributed by atoms with Gasteiger partial charge in [-0.1, -0.05) is 18.2 Å². The molecule has 3 N–H and O–H groups in total. The first-order valence-electron chi connectivity index (χ1n) is 6.40. The lowest BCUT2D eigenvalue weighted by atomic mass is 10.1. The first-order chi connectivity index (χ1) is 9.40. The number of benzene rings is 1. The molecule has 1 aromatic carbocycles. The van der Waals surface area contributed by atoms with Crippen molar-refractivity contribution in [2.45, 2.75) is 25.9 Å². The lowest BCUT2D eigenvalue weighted by molar-refractivity contribution is -0.136. The highest BCUT2D eigenvalue weighted by atomic mass is 16.4. The molecule has 0 aromatic heterocycles. The monoisotopic (exact) mass is 280 g/mol.